The standard InChI is InChI=1S/C16H24BNO3/c1-11(2)18-14(19)12-9-7-8-10-13(12)17-20-15(3,4)16(5,6)21-17/h7-11H,1-6H3,(H,18,19). The first-order valence-electron chi connectivity index (χ1n) is 7.39. The molecule has 5 heteroatoms. The zero-order valence-corrected chi connectivity index (χ0v) is 13.7. The summed E-state index contributed by atoms with van der Waals surface area (Å²) in [5.41, 5.74) is 0.539. The van der Waals surface area contributed by atoms with E-state index >= 15 is 0 Å². The number of hydrogen-bond donors (Lipinski definition) is 1. The Morgan fingerprint density at radius 3 is 2.14 bits per heavy atom. The number of hydrogen-bond acceptors (Lipinski definition) is 3. The average molecular weight is 289 g/mol. The second-order valence-corrected chi connectivity index (χ2v) is 6.80. The molecule has 1 aliphatic heterocycles. The van der Waals surface area contributed by atoms with Crippen molar-refractivity contribution in [1.82, 2.24) is 5.32 Å². The molecule has 0 unspecified atom stereocenters. The van der Waals surface area contributed by atoms with Crippen molar-refractivity contribution in [2.75, 3.05) is 0 Å². The number of rotatable bonds is 3. The molecular weight excluding hydrogens is 265 g/mol. The number of benzene rings is 1. The molecule has 1 heterocycles. The molecule has 1 aromatic carbocycles. The molecule has 0 aliphatic carbocycles. The van der Waals surface area contributed by atoms with Crippen LogP contribution >= 0.6 is 0 Å². The summed E-state index contributed by atoms with van der Waals surface area (Å²) in [5.74, 6) is -0.102. The highest BCUT2D eigenvalue weighted by Gasteiger charge is 2.52. The molecule has 114 valence electrons. The van der Waals surface area contributed by atoms with Gasteiger partial charge in [-0.2, -0.15) is 0 Å². The van der Waals surface area contributed by atoms with Gasteiger partial charge in [-0.15, -0.1) is 0 Å². The maximum atomic E-state index is 12.3. The third kappa shape index (κ3) is 3.14. The monoisotopic (exact) mass is 289 g/mol. The van der Waals surface area contributed by atoms with E-state index in [1.807, 2.05) is 59.7 Å². The number of nitrogens with one attached hydrogen (secondary N) is 1. The molecule has 0 radical (unpaired) electrons. The Bertz CT molecular complexity index is 524. The Balaban J connectivity index is 2.32. The summed E-state index contributed by atoms with van der Waals surface area (Å²) in [6.45, 7) is 11.9. The fraction of sp³-hybridized carbons (Fsp3) is 0.562. The normalized spacial score (nSPS) is 19.9. The van der Waals surface area contributed by atoms with E-state index in [9.17, 15) is 4.79 Å². The molecule has 1 N–H and O–H groups in total. The highest BCUT2D eigenvalue weighted by molar-refractivity contribution is 6.63. The largest absolute Gasteiger partial charge is 0.495 e. The van der Waals surface area contributed by atoms with Crippen LogP contribution in [0.2, 0.25) is 0 Å². The Morgan fingerprint density at radius 2 is 1.62 bits per heavy atom. The predicted octanol–water partition coefficient (Wildman–Crippen LogP) is 2.12. The highest BCUT2D eigenvalue weighted by atomic mass is 16.7. The second-order valence-electron chi connectivity index (χ2n) is 6.80. The smallest absolute Gasteiger partial charge is 0.399 e. The SMILES string of the molecule is CC(C)NC(=O)c1ccccc1B1OC(C)(C)C(C)(C)O1. The van der Waals surface area contributed by atoms with Crippen LogP contribution in [0.1, 0.15) is 51.9 Å². The highest BCUT2D eigenvalue weighted by Crippen LogP contribution is 2.36. The van der Waals surface area contributed by atoms with Crippen LogP contribution in [0.3, 0.4) is 0 Å². The lowest BCUT2D eigenvalue weighted by Crippen LogP contribution is -2.41. The lowest BCUT2D eigenvalue weighted by atomic mass is 9.75. The van der Waals surface area contributed by atoms with Crippen molar-refractivity contribution in [2.45, 2.75) is 58.8 Å². The van der Waals surface area contributed by atoms with Crippen molar-refractivity contribution in [3.05, 3.63) is 29.8 Å². The van der Waals surface area contributed by atoms with Crippen molar-refractivity contribution < 1.29 is 14.1 Å². The van der Waals surface area contributed by atoms with Gasteiger partial charge >= 0.3 is 7.12 Å². The third-order valence-electron chi connectivity index (χ3n) is 4.13. The molecule has 0 spiro atoms. The molecule has 0 saturated carbocycles. The summed E-state index contributed by atoms with van der Waals surface area (Å²) >= 11 is 0. The molecule has 1 aliphatic rings. The van der Waals surface area contributed by atoms with Crippen LogP contribution < -0.4 is 10.8 Å². The summed E-state index contributed by atoms with van der Waals surface area (Å²) < 4.78 is 12.1. The molecule has 0 atom stereocenters. The van der Waals surface area contributed by atoms with Gasteiger partial charge < -0.3 is 14.6 Å². The van der Waals surface area contributed by atoms with Crippen LogP contribution in [-0.2, 0) is 9.31 Å². The van der Waals surface area contributed by atoms with Gasteiger partial charge in [0.25, 0.3) is 5.91 Å². The molecule has 21 heavy (non-hydrogen) atoms. The summed E-state index contributed by atoms with van der Waals surface area (Å²) in [7, 11) is -0.524. The van der Waals surface area contributed by atoms with Gasteiger partial charge in [-0.1, -0.05) is 18.2 Å². The summed E-state index contributed by atoms with van der Waals surface area (Å²) in [6, 6.07) is 7.52. The van der Waals surface area contributed by atoms with E-state index in [0.717, 1.165) is 5.46 Å². The molecule has 2 rings (SSSR count). The molecular formula is C16H24BNO3. The zero-order valence-electron chi connectivity index (χ0n) is 13.7. The quantitative estimate of drug-likeness (QED) is 0.867. The second kappa shape index (κ2) is 5.46. The van der Waals surface area contributed by atoms with Gasteiger partial charge in [0.15, 0.2) is 0 Å². The maximum absolute atomic E-state index is 12.3. The molecule has 1 amide bonds. The Labute approximate surface area is 127 Å². The third-order valence-corrected chi connectivity index (χ3v) is 4.13. The first-order valence-corrected chi connectivity index (χ1v) is 7.39. The zero-order chi connectivity index (χ0) is 15.8. The number of carbonyl (C=O) groups is 1. The fourth-order valence-electron chi connectivity index (χ4n) is 2.22. The average Bonchev–Trinajstić information content (AvgIpc) is 2.57. The van der Waals surface area contributed by atoms with Crippen LogP contribution in [0.4, 0.5) is 0 Å². The van der Waals surface area contributed by atoms with Crippen molar-refractivity contribution >= 4 is 18.5 Å². The predicted molar refractivity (Wildman–Crippen MR) is 84.8 cm³/mol. The molecule has 1 fully saturated rings. The van der Waals surface area contributed by atoms with Gasteiger partial charge in [0, 0.05) is 11.6 Å². The van der Waals surface area contributed by atoms with Gasteiger partial charge in [0.05, 0.1) is 11.2 Å². The minimum Gasteiger partial charge on any atom is -0.399 e. The minimum atomic E-state index is -0.524. The van der Waals surface area contributed by atoms with E-state index in [1.165, 1.54) is 0 Å². The van der Waals surface area contributed by atoms with Crippen molar-refractivity contribution in [2.24, 2.45) is 0 Å². The van der Waals surface area contributed by atoms with Crippen LogP contribution in [-0.4, -0.2) is 30.3 Å². The van der Waals surface area contributed by atoms with Crippen molar-refractivity contribution in [1.29, 1.82) is 0 Å². The first kappa shape index (κ1) is 16.1. The van der Waals surface area contributed by atoms with E-state index < -0.39 is 18.3 Å². The van der Waals surface area contributed by atoms with Gasteiger partial charge in [-0.05, 0) is 53.1 Å². The molecule has 4 nitrogen and oxygen atoms in total. The van der Waals surface area contributed by atoms with Gasteiger partial charge in [0.2, 0.25) is 0 Å². The van der Waals surface area contributed by atoms with Gasteiger partial charge in [-0.25, -0.2) is 0 Å². The maximum Gasteiger partial charge on any atom is 0.495 e. The van der Waals surface area contributed by atoms with Gasteiger partial charge in [-0.3, -0.25) is 4.79 Å². The van der Waals surface area contributed by atoms with Crippen LogP contribution in [0.25, 0.3) is 0 Å². The van der Waals surface area contributed by atoms with E-state index in [0.29, 0.717) is 5.56 Å². The minimum absolute atomic E-state index is 0.0869. The molecule has 1 aromatic rings. The van der Waals surface area contributed by atoms with Gasteiger partial charge in [0.1, 0.15) is 0 Å². The molecule has 0 bridgehead atoms. The molecule has 1 saturated heterocycles. The summed E-state index contributed by atoms with van der Waals surface area (Å²) in [6.07, 6.45) is 0. The van der Waals surface area contributed by atoms with Crippen LogP contribution in [0, 0.1) is 0 Å². The van der Waals surface area contributed by atoms with E-state index in [2.05, 4.69) is 5.32 Å². The van der Waals surface area contributed by atoms with E-state index in [4.69, 9.17) is 9.31 Å². The van der Waals surface area contributed by atoms with Crippen molar-refractivity contribution in [3.8, 4) is 0 Å². The van der Waals surface area contributed by atoms with Crippen molar-refractivity contribution in [3.63, 3.8) is 0 Å². The van der Waals surface area contributed by atoms with E-state index in [-0.39, 0.29) is 11.9 Å². The molecule has 0 aromatic heterocycles. The number of amides is 1. The van der Waals surface area contributed by atoms with E-state index in [1.54, 1.807) is 6.07 Å². The lowest BCUT2D eigenvalue weighted by molar-refractivity contribution is 0.00578. The summed E-state index contributed by atoms with van der Waals surface area (Å²) in [5, 5.41) is 2.91. The van der Waals surface area contributed by atoms with Crippen LogP contribution in [0.15, 0.2) is 24.3 Å². The fourth-order valence-corrected chi connectivity index (χ4v) is 2.22. The first-order chi connectivity index (χ1) is 9.64. The Kier molecular flexibility index (Phi) is 4.18. The Morgan fingerprint density at radius 1 is 1.10 bits per heavy atom. The number of carbonyl (C=O) groups excluding carboxylic acids is 1. The van der Waals surface area contributed by atoms with Crippen LogP contribution in [0.5, 0.6) is 0 Å². The summed E-state index contributed by atoms with van der Waals surface area (Å²) in [4.78, 5) is 12.3. The lowest BCUT2D eigenvalue weighted by Gasteiger charge is -2.32. The topological polar surface area (TPSA) is 47.6 Å². The Hall–Kier alpha value is -1.33.